The van der Waals surface area contributed by atoms with Crippen LogP contribution in [0.2, 0.25) is 0 Å². The molecule has 0 aromatic carbocycles. The molecule has 0 radical (unpaired) electrons. The largest absolute Gasteiger partial charge is 0.300 e. The highest BCUT2D eigenvalue weighted by Gasteiger charge is 2.20. The zero-order valence-corrected chi connectivity index (χ0v) is 9.43. The summed E-state index contributed by atoms with van der Waals surface area (Å²) in [5.41, 5.74) is 1.61. The van der Waals surface area contributed by atoms with E-state index < -0.39 is 0 Å². The van der Waals surface area contributed by atoms with E-state index in [1.807, 2.05) is 6.08 Å². The molecule has 13 heavy (non-hydrogen) atoms. The maximum absolute atomic E-state index is 5.50. The van der Waals surface area contributed by atoms with Crippen molar-refractivity contribution in [3.8, 4) is 0 Å². The van der Waals surface area contributed by atoms with E-state index in [2.05, 4.69) is 18.9 Å². The zero-order chi connectivity index (χ0) is 9.68. The van der Waals surface area contributed by atoms with Crippen LogP contribution in [0, 0.1) is 5.92 Å². The number of nitrogens with zero attached hydrogens (tertiary/aromatic N) is 1. The minimum atomic E-state index is 0.782. The average molecular weight is 202 g/mol. The van der Waals surface area contributed by atoms with Crippen LogP contribution in [0.5, 0.6) is 0 Å². The average Bonchev–Trinajstić information content (AvgIpc) is 2.15. The topological polar surface area (TPSA) is 3.24 Å². The van der Waals surface area contributed by atoms with Crippen molar-refractivity contribution in [3.05, 3.63) is 11.6 Å². The molecule has 0 bridgehead atoms. The fraction of sp³-hybridized carbons (Fsp3) is 0.818. The normalized spacial score (nSPS) is 30.2. The lowest BCUT2D eigenvalue weighted by molar-refractivity contribution is 0.184. The van der Waals surface area contributed by atoms with Gasteiger partial charge in [0.2, 0.25) is 0 Å². The summed E-state index contributed by atoms with van der Waals surface area (Å²) in [6, 6.07) is 0.782. The summed E-state index contributed by atoms with van der Waals surface area (Å²) in [7, 11) is 2.19. The number of hydrogen-bond donors (Lipinski definition) is 0. The lowest BCUT2D eigenvalue weighted by Crippen LogP contribution is -2.34. The maximum atomic E-state index is 5.50. The molecule has 0 amide bonds. The lowest BCUT2D eigenvalue weighted by Gasteiger charge is -2.32. The molecule has 0 aliphatic heterocycles. The van der Waals surface area contributed by atoms with Gasteiger partial charge in [-0.25, -0.2) is 0 Å². The van der Waals surface area contributed by atoms with E-state index in [1.54, 1.807) is 5.54 Å². The van der Waals surface area contributed by atoms with Gasteiger partial charge in [-0.05, 0) is 38.6 Å². The minimum absolute atomic E-state index is 0.782. The summed E-state index contributed by atoms with van der Waals surface area (Å²) in [6.07, 6.45) is 7.50. The molecule has 1 aliphatic rings. The molecule has 76 valence electrons. The molecule has 0 N–H and O–H groups in total. The quantitative estimate of drug-likeness (QED) is 0.678. The molecule has 0 spiro atoms. The molecule has 0 atom stereocenters. The summed E-state index contributed by atoms with van der Waals surface area (Å²) in [4.78, 5) is 2.41. The van der Waals surface area contributed by atoms with E-state index in [-0.39, 0.29) is 0 Å². The van der Waals surface area contributed by atoms with Gasteiger partial charge in [0.1, 0.15) is 0 Å². The summed E-state index contributed by atoms with van der Waals surface area (Å²) in [5, 5.41) is 0. The predicted molar refractivity (Wildman–Crippen MR) is 59.0 cm³/mol. The van der Waals surface area contributed by atoms with Gasteiger partial charge in [0.05, 0.1) is 0 Å². The van der Waals surface area contributed by atoms with Gasteiger partial charge >= 0.3 is 0 Å². The molecule has 1 aliphatic carbocycles. The molecular weight excluding hydrogens is 182 g/mol. The highest BCUT2D eigenvalue weighted by Crippen LogP contribution is 2.26. The summed E-state index contributed by atoms with van der Waals surface area (Å²) in [5.74, 6) is 0.938. The van der Waals surface area contributed by atoms with Gasteiger partial charge in [-0.3, -0.25) is 4.90 Å². The van der Waals surface area contributed by atoms with Crippen molar-refractivity contribution in [3.63, 3.8) is 0 Å². The van der Waals surface area contributed by atoms with Crippen LogP contribution in [-0.4, -0.2) is 24.5 Å². The Hall–Kier alpha value is -0.0100. The second-order valence-electron chi connectivity index (χ2n) is 4.21. The van der Waals surface area contributed by atoms with Crippen LogP contribution in [0.3, 0.4) is 0 Å². The Morgan fingerprint density at radius 2 is 1.92 bits per heavy atom. The van der Waals surface area contributed by atoms with Crippen molar-refractivity contribution < 1.29 is 0 Å². The Morgan fingerprint density at radius 1 is 1.31 bits per heavy atom. The monoisotopic (exact) mass is 201 g/mol. The van der Waals surface area contributed by atoms with Crippen molar-refractivity contribution in [2.75, 3.05) is 13.6 Å². The van der Waals surface area contributed by atoms with Crippen LogP contribution in [0.25, 0.3) is 0 Å². The first-order valence-electron chi connectivity index (χ1n) is 5.19. The molecule has 2 heteroatoms. The first-order chi connectivity index (χ1) is 6.24. The number of likely N-dealkylation sites (N-methyl/N-ethyl adjacent to an activating group) is 1. The fourth-order valence-electron chi connectivity index (χ4n) is 2.04. The van der Waals surface area contributed by atoms with E-state index >= 15 is 0 Å². The van der Waals surface area contributed by atoms with Crippen molar-refractivity contribution in [2.24, 2.45) is 5.92 Å². The summed E-state index contributed by atoms with van der Waals surface area (Å²) >= 11 is 5.50. The molecule has 1 fully saturated rings. The second-order valence-corrected chi connectivity index (χ2v) is 4.47. The Balaban J connectivity index is 2.27. The number of rotatable bonds is 3. The number of halogens is 1. The Kier molecular flexibility index (Phi) is 4.82. The third kappa shape index (κ3) is 3.70. The van der Waals surface area contributed by atoms with Gasteiger partial charge in [0.15, 0.2) is 0 Å². The van der Waals surface area contributed by atoms with Gasteiger partial charge in [-0.2, -0.15) is 0 Å². The van der Waals surface area contributed by atoms with Crippen molar-refractivity contribution >= 4 is 11.6 Å². The van der Waals surface area contributed by atoms with E-state index in [1.165, 1.54) is 25.7 Å². The summed E-state index contributed by atoms with van der Waals surface area (Å²) < 4.78 is 0. The van der Waals surface area contributed by atoms with Crippen molar-refractivity contribution in [1.29, 1.82) is 0 Å². The molecular formula is C11H20ClN. The van der Waals surface area contributed by atoms with E-state index in [9.17, 15) is 0 Å². The van der Waals surface area contributed by atoms with Crippen LogP contribution in [0.15, 0.2) is 11.6 Å². The third-order valence-corrected chi connectivity index (χ3v) is 3.27. The SMILES string of the molecule is CC1CCC(N(C)C/C=C/Cl)CC1. The second kappa shape index (κ2) is 5.66. The first-order valence-corrected chi connectivity index (χ1v) is 5.63. The highest BCUT2D eigenvalue weighted by molar-refractivity contribution is 6.25. The van der Waals surface area contributed by atoms with Gasteiger partial charge < -0.3 is 0 Å². The first kappa shape index (κ1) is 11.1. The predicted octanol–water partition coefficient (Wildman–Crippen LogP) is 3.25. The molecule has 0 unspecified atom stereocenters. The van der Waals surface area contributed by atoms with Gasteiger partial charge in [-0.15, -0.1) is 0 Å². The maximum Gasteiger partial charge on any atom is 0.0174 e. The lowest BCUT2D eigenvalue weighted by atomic mass is 9.87. The van der Waals surface area contributed by atoms with E-state index in [0.717, 1.165) is 18.5 Å². The molecule has 0 saturated heterocycles. The smallest absolute Gasteiger partial charge is 0.0174 e. The molecule has 1 rings (SSSR count). The van der Waals surface area contributed by atoms with Crippen LogP contribution in [-0.2, 0) is 0 Å². The van der Waals surface area contributed by atoms with Crippen molar-refractivity contribution in [2.45, 2.75) is 38.6 Å². The summed E-state index contributed by atoms with van der Waals surface area (Å²) in [6.45, 7) is 3.34. The van der Waals surface area contributed by atoms with Crippen LogP contribution in [0.1, 0.15) is 32.6 Å². The third-order valence-electron chi connectivity index (χ3n) is 3.09. The fourth-order valence-corrected chi connectivity index (χ4v) is 2.12. The Labute approximate surface area is 86.8 Å². The Bertz CT molecular complexity index is 159. The highest BCUT2D eigenvalue weighted by atomic mass is 35.5. The van der Waals surface area contributed by atoms with Crippen LogP contribution in [0.4, 0.5) is 0 Å². The van der Waals surface area contributed by atoms with E-state index in [0.29, 0.717) is 0 Å². The standard InChI is InChI=1S/C11H20ClN/c1-10-4-6-11(7-5-10)13(2)9-3-8-12/h3,8,10-11H,4-7,9H2,1-2H3/b8-3+. The van der Waals surface area contributed by atoms with Gasteiger partial charge in [0.25, 0.3) is 0 Å². The van der Waals surface area contributed by atoms with E-state index in [4.69, 9.17) is 11.6 Å². The number of hydrogen-bond acceptors (Lipinski definition) is 1. The van der Waals surface area contributed by atoms with Crippen LogP contribution < -0.4 is 0 Å². The minimum Gasteiger partial charge on any atom is -0.300 e. The molecule has 0 heterocycles. The Morgan fingerprint density at radius 3 is 2.46 bits per heavy atom. The van der Waals surface area contributed by atoms with Crippen LogP contribution >= 0.6 is 11.6 Å². The molecule has 0 aromatic heterocycles. The molecule has 1 saturated carbocycles. The van der Waals surface area contributed by atoms with Crippen molar-refractivity contribution in [1.82, 2.24) is 4.90 Å². The van der Waals surface area contributed by atoms with Gasteiger partial charge in [0, 0.05) is 18.1 Å². The zero-order valence-electron chi connectivity index (χ0n) is 8.67. The molecule has 0 aromatic rings. The molecule has 1 nitrogen and oxygen atoms in total. The van der Waals surface area contributed by atoms with Gasteiger partial charge in [-0.1, -0.05) is 24.6 Å².